The van der Waals surface area contributed by atoms with Crippen LogP contribution in [0, 0.1) is 21.4 Å². The lowest BCUT2D eigenvalue weighted by Crippen LogP contribution is -2.12. The molecule has 1 aliphatic carbocycles. The van der Waals surface area contributed by atoms with Crippen LogP contribution in [-0.4, -0.2) is 31.3 Å². The number of anilines is 1. The lowest BCUT2D eigenvalue weighted by Gasteiger charge is -2.10. The highest BCUT2D eigenvalue weighted by atomic mass is 32.2. The van der Waals surface area contributed by atoms with Crippen LogP contribution in [0.1, 0.15) is 35.3 Å². The maximum absolute atomic E-state index is 12.7. The van der Waals surface area contributed by atoms with Gasteiger partial charge in [-0.05, 0) is 43.4 Å². The number of aromatic nitrogens is 3. The molecule has 1 amide bonds. The highest BCUT2D eigenvalue weighted by molar-refractivity contribution is 7.99. The van der Waals surface area contributed by atoms with Crippen molar-refractivity contribution in [1.29, 1.82) is 5.26 Å². The highest BCUT2D eigenvalue weighted by Crippen LogP contribution is 2.38. The van der Waals surface area contributed by atoms with Gasteiger partial charge in [0.05, 0.1) is 10.5 Å². The number of rotatable bonds is 8. The fourth-order valence-corrected chi connectivity index (χ4v) is 6.46. The molecular formula is C26H22N6O3S2. The van der Waals surface area contributed by atoms with Crippen LogP contribution in [0.4, 0.5) is 10.7 Å². The second-order valence-corrected chi connectivity index (χ2v) is 10.6. The van der Waals surface area contributed by atoms with Crippen LogP contribution in [-0.2, 0) is 17.6 Å². The van der Waals surface area contributed by atoms with E-state index in [-0.39, 0.29) is 18.0 Å². The average Bonchev–Trinajstić information content (AvgIpc) is 3.50. The first-order valence-corrected chi connectivity index (χ1v) is 13.6. The summed E-state index contributed by atoms with van der Waals surface area (Å²) in [5.74, 6) is 0.760. The molecule has 0 unspecified atom stereocenters. The first kappa shape index (κ1) is 24.7. The van der Waals surface area contributed by atoms with E-state index in [1.54, 1.807) is 12.1 Å². The average molecular weight is 531 g/mol. The Balaban J connectivity index is 1.33. The van der Waals surface area contributed by atoms with Gasteiger partial charge in [-0.15, -0.1) is 21.5 Å². The Kier molecular flexibility index (Phi) is 7.30. The summed E-state index contributed by atoms with van der Waals surface area (Å²) in [5.41, 5.74) is 3.04. The summed E-state index contributed by atoms with van der Waals surface area (Å²) in [6, 6.07) is 18.0. The topological polar surface area (TPSA) is 127 Å². The Hall–Kier alpha value is -4.01. The molecule has 37 heavy (non-hydrogen) atoms. The molecule has 4 aromatic rings. The molecule has 0 saturated carbocycles. The lowest BCUT2D eigenvalue weighted by molar-refractivity contribution is -0.384. The number of amides is 1. The van der Waals surface area contributed by atoms with E-state index in [0.717, 1.165) is 36.9 Å². The number of hydrogen-bond acceptors (Lipinski definition) is 8. The van der Waals surface area contributed by atoms with Gasteiger partial charge in [0.25, 0.3) is 5.69 Å². The number of fused-ring (bicyclic) bond motifs is 1. The van der Waals surface area contributed by atoms with Crippen molar-refractivity contribution >= 4 is 39.7 Å². The second kappa shape index (κ2) is 10.9. The molecule has 2 aromatic heterocycles. The van der Waals surface area contributed by atoms with Gasteiger partial charge < -0.3 is 5.32 Å². The number of thioether (sulfide) groups is 1. The number of nitro benzene ring substituents is 1. The standard InChI is InChI=1S/C26H22N6O3S2/c27-16-21-20-11-4-5-12-22(20)37-25(21)28-23(33)13-14-36-26-30-29-24(31(26)18-8-2-1-3-9-18)17-7-6-10-19(15-17)32(34)35/h1-3,6-10,15H,4-5,11-14H2,(H,28,33). The molecule has 11 heteroatoms. The number of nitrogens with zero attached hydrogens (tertiary/aromatic N) is 5. The van der Waals surface area contributed by atoms with Gasteiger partial charge in [0.1, 0.15) is 11.1 Å². The largest absolute Gasteiger partial charge is 0.317 e. The summed E-state index contributed by atoms with van der Waals surface area (Å²) in [7, 11) is 0. The van der Waals surface area contributed by atoms with E-state index in [9.17, 15) is 20.2 Å². The molecule has 5 rings (SSSR count). The number of carbonyl (C=O) groups is 1. The molecule has 0 bridgehead atoms. The van der Waals surface area contributed by atoms with E-state index in [0.29, 0.717) is 32.9 Å². The maximum Gasteiger partial charge on any atom is 0.270 e. The first-order chi connectivity index (χ1) is 18.0. The molecule has 0 radical (unpaired) electrons. The summed E-state index contributed by atoms with van der Waals surface area (Å²) in [6.45, 7) is 0. The Morgan fingerprint density at radius 1 is 1.16 bits per heavy atom. The molecule has 9 nitrogen and oxygen atoms in total. The van der Waals surface area contributed by atoms with Gasteiger partial charge in [-0.3, -0.25) is 19.5 Å². The van der Waals surface area contributed by atoms with Crippen LogP contribution in [0.3, 0.4) is 0 Å². The molecule has 1 aliphatic rings. The number of non-ortho nitro benzene ring substituents is 1. The van der Waals surface area contributed by atoms with Gasteiger partial charge in [-0.2, -0.15) is 5.26 Å². The summed E-state index contributed by atoms with van der Waals surface area (Å²) in [6.07, 6.45) is 4.27. The number of carbonyl (C=O) groups excluding carboxylic acids is 1. The van der Waals surface area contributed by atoms with Crippen molar-refractivity contribution in [2.75, 3.05) is 11.1 Å². The molecule has 0 spiro atoms. The maximum atomic E-state index is 12.7. The monoisotopic (exact) mass is 530 g/mol. The van der Waals surface area contributed by atoms with Gasteiger partial charge >= 0.3 is 0 Å². The van der Waals surface area contributed by atoms with Gasteiger partial charge in [0, 0.05) is 40.4 Å². The van der Waals surface area contributed by atoms with E-state index < -0.39 is 4.92 Å². The number of nitro groups is 1. The molecule has 2 aromatic carbocycles. The Bertz CT molecular complexity index is 1510. The van der Waals surface area contributed by atoms with Crippen LogP contribution in [0.5, 0.6) is 0 Å². The van der Waals surface area contributed by atoms with Gasteiger partial charge in [-0.1, -0.05) is 42.1 Å². The zero-order valence-electron chi connectivity index (χ0n) is 19.7. The predicted molar refractivity (Wildman–Crippen MR) is 143 cm³/mol. The Labute approximate surface area is 221 Å². The van der Waals surface area contributed by atoms with E-state index in [1.165, 1.54) is 40.1 Å². The third-order valence-electron chi connectivity index (χ3n) is 6.06. The second-order valence-electron chi connectivity index (χ2n) is 8.46. The molecule has 2 heterocycles. The highest BCUT2D eigenvalue weighted by Gasteiger charge is 2.22. The fourth-order valence-electron chi connectivity index (χ4n) is 4.32. The third kappa shape index (κ3) is 5.26. The van der Waals surface area contributed by atoms with E-state index in [2.05, 4.69) is 21.6 Å². The van der Waals surface area contributed by atoms with E-state index in [1.807, 2.05) is 34.9 Å². The normalized spacial score (nSPS) is 12.5. The van der Waals surface area contributed by atoms with E-state index >= 15 is 0 Å². The molecule has 0 fully saturated rings. The summed E-state index contributed by atoms with van der Waals surface area (Å²) >= 11 is 2.89. The van der Waals surface area contributed by atoms with Crippen molar-refractivity contribution in [3.63, 3.8) is 0 Å². The van der Waals surface area contributed by atoms with Crippen LogP contribution in [0.25, 0.3) is 17.1 Å². The number of nitrogens with one attached hydrogen (secondary N) is 1. The minimum Gasteiger partial charge on any atom is -0.317 e. The Morgan fingerprint density at radius 2 is 1.97 bits per heavy atom. The third-order valence-corrected chi connectivity index (χ3v) is 8.20. The first-order valence-electron chi connectivity index (χ1n) is 11.8. The summed E-state index contributed by atoms with van der Waals surface area (Å²) in [5, 5.41) is 33.7. The van der Waals surface area contributed by atoms with Crippen molar-refractivity contribution in [3.05, 3.63) is 80.7 Å². The van der Waals surface area contributed by atoms with Gasteiger partial charge in [0.2, 0.25) is 5.91 Å². The van der Waals surface area contributed by atoms with Gasteiger partial charge in [-0.25, -0.2) is 0 Å². The quantitative estimate of drug-likeness (QED) is 0.174. The number of para-hydroxylation sites is 1. The van der Waals surface area contributed by atoms with Crippen LogP contribution in [0.2, 0.25) is 0 Å². The van der Waals surface area contributed by atoms with Crippen molar-refractivity contribution in [2.24, 2.45) is 0 Å². The van der Waals surface area contributed by atoms with E-state index in [4.69, 9.17) is 0 Å². The molecule has 186 valence electrons. The number of thiophene rings is 1. The smallest absolute Gasteiger partial charge is 0.270 e. The lowest BCUT2D eigenvalue weighted by atomic mass is 9.96. The summed E-state index contributed by atoms with van der Waals surface area (Å²) in [4.78, 5) is 24.8. The molecule has 0 aliphatic heterocycles. The minimum atomic E-state index is -0.442. The Morgan fingerprint density at radius 3 is 2.76 bits per heavy atom. The minimum absolute atomic E-state index is 0.0296. The molecule has 0 atom stereocenters. The van der Waals surface area contributed by atoms with Crippen molar-refractivity contribution < 1.29 is 9.72 Å². The number of hydrogen-bond donors (Lipinski definition) is 1. The predicted octanol–water partition coefficient (Wildman–Crippen LogP) is 5.78. The van der Waals surface area contributed by atoms with Gasteiger partial charge in [0.15, 0.2) is 11.0 Å². The van der Waals surface area contributed by atoms with Crippen LogP contribution in [0.15, 0.2) is 59.8 Å². The van der Waals surface area contributed by atoms with Crippen molar-refractivity contribution in [3.8, 4) is 23.1 Å². The SMILES string of the molecule is N#Cc1c(NC(=O)CCSc2nnc(-c3cccc([N+](=O)[O-])c3)n2-c2ccccc2)sc2c1CCCC2. The molecule has 0 saturated heterocycles. The zero-order valence-corrected chi connectivity index (χ0v) is 21.3. The van der Waals surface area contributed by atoms with Crippen molar-refractivity contribution in [1.82, 2.24) is 14.8 Å². The number of nitriles is 1. The molecule has 1 N–H and O–H groups in total. The van der Waals surface area contributed by atoms with Crippen molar-refractivity contribution in [2.45, 2.75) is 37.3 Å². The number of benzene rings is 2. The zero-order chi connectivity index (χ0) is 25.8. The van der Waals surface area contributed by atoms with Crippen LogP contribution >= 0.6 is 23.1 Å². The summed E-state index contributed by atoms with van der Waals surface area (Å²) < 4.78 is 1.84. The van der Waals surface area contributed by atoms with Crippen LogP contribution < -0.4 is 5.32 Å². The number of aryl methyl sites for hydroxylation is 1. The fraction of sp³-hybridized carbons (Fsp3) is 0.231. The molecular weight excluding hydrogens is 508 g/mol.